The maximum atomic E-state index is 11.9. The molecule has 39 heavy (non-hydrogen) atoms. The number of carboxylic acid groups (broad SMARTS) is 1. The van der Waals surface area contributed by atoms with Gasteiger partial charge < -0.3 is 14.6 Å². The van der Waals surface area contributed by atoms with Gasteiger partial charge in [0.1, 0.15) is 5.82 Å². The number of rotatable bonds is 9. The number of aromatic amines is 1. The van der Waals surface area contributed by atoms with Crippen molar-refractivity contribution in [2.75, 3.05) is 18.0 Å². The van der Waals surface area contributed by atoms with E-state index in [1.807, 2.05) is 30.3 Å². The van der Waals surface area contributed by atoms with E-state index < -0.39 is 11.7 Å². The summed E-state index contributed by atoms with van der Waals surface area (Å²) in [7, 11) is 0. The molecule has 0 unspecified atom stereocenters. The summed E-state index contributed by atoms with van der Waals surface area (Å²) in [4.78, 5) is 33.0. The van der Waals surface area contributed by atoms with Crippen molar-refractivity contribution in [2.24, 2.45) is 5.92 Å². The smallest absolute Gasteiger partial charge is 0.439 e. The van der Waals surface area contributed by atoms with Gasteiger partial charge in [-0.15, -0.1) is 0 Å². The van der Waals surface area contributed by atoms with Crippen LogP contribution >= 0.6 is 11.6 Å². The number of benzene rings is 2. The van der Waals surface area contributed by atoms with E-state index in [1.54, 1.807) is 4.57 Å². The SMILES string of the molecule is CCCCc1nc(Cl)c(C(=O)O)n1Cc1ccc(-c2cc(N3CCC[C@H](C)C3)ccc2-c2noc(=O)[nH]2)cc1. The van der Waals surface area contributed by atoms with Gasteiger partial charge in [0.2, 0.25) is 0 Å². The minimum Gasteiger partial charge on any atom is -0.476 e. The second-order valence-electron chi connectivity index (χ2n) is 10.2. The van der Waals surface area contributed by atoms with Crippen LogP contribution in [0.1, 0.15) is 61.4 Å². The Morgan fingerprint density at radius 3 is 2.67 bits per heavy atom. The fourth-order valence-electron chi connectivity index (χ4n) is 5.28. The van der Waals surface area contributed by atoms with Crippen molar-refractivity contribution in [3.63, 3.8) is 0 Å². The van der Waals surface area contributed by atoms with Crippen LogP contribution in [0.2, 0.25) is 5.15 Å². The molecule has 2 N–H and O–H groups in total. The van der Waals surface area contributed by atoms with Crippen molar-refractivity contribution < 1.29 is 14.4 Å². The number of unbranched alkanes of at least 4 members (excludes halogenated alkanes) is 1. The molecule has 10 heteroatoms. The average molecular weight is 550 g/mol. The molecule has 2 aromatic carbocycles. The molecule has 3 heterocycles. The number of piperidine rings is 1. The number of anilines is 1. The Morgan fingerprint density at radius 2 is 2.00 bits per heavy atom. The van der Waals surface area contributed by atoms with Crippen LogP contribution in [0.3, 0.4) is 0 Å². The second-order valence-corrected chi connectivity index (χ2v) is 10.6. The highest BCUT2D eigenvalue weighted by atomic mass is 35.5. The van der Waals surface area contributed by atoms with Crippen LogP contribution in [0.15, 0.2) is 51.8 Å². The first kappa shape index (κ1) is 26.7. The molecule has 204 valence electrons. The average Bonchev–Trinajstić information content (AvgIpc) is 3.49. The number of aryl methyl sites for hydroxylation is 1. The number of halogens is 1. The zero-order valence-electron chi connectivity index (χ0n) is 22.1. The van der Waals surface area contributed by atoms with Gasteiger partial charge in [-0.25, -0.2) is 14.6 Å². The van der Waals surface area contributed by atoms with Gasteiger partial charge in [-0.2, -0.15) is 0 Å². The van der Waals surface area contributed by atoms with Gasteiger partial charge in [0.05, 0.1) is 0 Å². The van der Waals surface area contributed by atoms with E-state index in [0.717, 1.165) is 60.3 Å². The van der Waals surface area contributed by atoms with E-state index in [2.05, 4.69) is 46.0 Å². The van der Waals surface area contributed by atoms with E-state index in [-0.39, 0.29) is 10.8 Å². The summed E-state index contributed by atoms with van der Waals surface area (Å²) in [6.07, 6.45) is 4.90. The maximum absolute atomic E-state index is 11.9. The highest BCUT2D eigenvalue weighted by molar-refractivity contribution is 6.32. The Balaban J connectivity index is 1.50. The zero-order chi connectivity index (χ0) is 27.5. The van der Waals surface area contributed by atoms with Crippen molar-refractivity contribution in [3.8, 4) is 22.5 Å². The first-order chi connectivity index (χ1) is 18.8. The molecule has 1 fully saturated rings. The Kier molecular flexibility index (Phi) is 7.88. The van der Waals surface area contributed by atoms with Gasteiger partial charge in [-0.05, 0) is 60.1 Å². The predicted octanol–water partition coefficient (Wildman–Crippen LogP) is 5.87. The van der Waals surface area contributed by atoms with Crippen LogP contribution in [0.4, 0.5) is 5.69 Å². The lowest BCUT2D eigenvalue weighted by atomic mass is 9.95. The molecule has 1 atom stereocenters. The normalized spacial score (nSPS) is 15.6. The van der Waals surface area contributed by atoms with Crippen molar-refractivity contribution in [2.45, 2.75) is 52.5 Å². The first-order valence-corrected chi connectivity index (χ1v) is 13.7. The van der Waals surface area contributed by atoms with Gasteiger partial charge in [0, 0.05) is 37.3 Å². The van der Waals surface area contributed by atoms with Crippen LogP contribution in [-0.4, -0.2) is 43.9 Å². The molecule has 0 spiro atoms. The molecule has 0 radical (unpaired) electrons. The molecule has 1 aliphatic rings. The summed E-state index contributed by atoms with van der Waals surface area (Å²) in [6.45, 7) is 6.70. The van der Waals surface area contributed by atoms with Crippen molar-refractivity contribution in [1.82, 2.24) is 19.7 Å². The highest BCUT2D eigenvalue weighted by Gasteiger charge is 2.22. The number of nitrogens with one attached hydrogen (secondary N) is 1. The lowest BCUT2D eigenvalue weighted by molar-refractivity contribution is 0.0685. The van der Waals surface area contributed by atoms with Crippen LogP contribution in [-0.2, 0) is 13.0 Å². The van der Waals surface area contributed by atoms with Crippen LogP contribution in [0.5, 0.6) is 0 Å². The summed E-state index contributed by atoms with van der Waals surface area (Å²) in [5.41, 5.74) is 4.67. The topological polar surface area (TPSA) is 117 Å². The second kappa shape index (κ2) is 11.5. The van der Waals surface area contributed by atoms with E-state index in [0.29, 0.717) is 30.5 Å². The van der Waals surface area contributed by atoms with Crippen LogP contribution in [0, 0.1) is 5.92 Å². The third-order valence-electron chi connectivity index (χ3n) is 7.29. The van der Waals surface area contributed by atoms with Gasteiger partial charge in [-0.1, -0.05) is 61.3 Å². The summed E-state index contributed by atoms with van der Waals surface area (Å²) in [5.74, 6) is -0.0293. The molecule has 5 rings (SSSR count). The van der Waals surface area contributed by atoms with Gasteiger partial charge in [0.15, 0.2) is 16.7 Å². The largest absolute Gasteiger partial charge is 0.476 e. The molecular formula is C29H32ClN5O4. The molecule has 0 saturated carbocycles. The fraction of sp³-hybridized carbons (Fsp3) is 0.379. The summed E-state index contributed by atoms with van der Waals surface area (Å²) < 4.78 is 6.48. The molecule has 0 aliphatic carbocycles. The van der Waals surface area contributed by atoms with Crippen LogP contribution < -0.4 is 10.7 Å². The van der Waals surface area contributed by atoms with Crippen molar-refractivity contribution in [1.29, 1.82) is 0 Å². The van der Waals surface area contributed by atoms with Crippen molar-refractivity contribution >= 4 is 23.3 Å². The lowest BCUT2D eigenvalue weighted by Gasteiger charge is -2.33. The molecular weight excluding hydrogens is 518 g/mol. The maximum Gasteiger partial charge on any atom is 0.439 e. The number of H-pyrrole nitrogens is 1. The van der Waals surface area contributed by atoms with E-state index in [4.69, 9.17) is 16.1 Å². The number of nitrogens with zero attached hydrogens (tertiary/aromatic N) is 4. The molecule has 2 aromatic heterocycles. The number of hydrogen-bond acceptors (Lipinski definition) is 6. The minimum atomic E-state index is -1.10. The summed E-state index contributed by atoms with van der Waals surface area (Å²) >= 11 is 6.21. The monoisotopic (exact) mass is 549 g/mol. The van der Waals surface area contributed by atoms with Crippen LogP contribution in [0.25, 0.3) is 22.5 Å². The zero-order valence-corrected chi connectivity index (χ0v) is 22.9. The van der Waals surface area contributed by atoms with Gasteiger partial charge >= 0.3 is 11.7 Å². The molecule has 0 bridgehead atoms. The predicted molar refractivity (Wildman–Crippen MR) is 151 cm³/mol. The van der Waals surface area contributed by atoms with E-state index in [9.17, 15) is 14.7 Å². The molecule has 4 aromatic rings. The number of aromatic nitrogens is 4. The lowest BCUT2D eigenvalue weighted by Crippen LogP contribution is -2.34. The Bertz CT molecular complexity index is 1520. The summed E-state index contributed by atoms with van der Waals surface area (Å²) in [5, 5.41) is 13.7. The number of carbonyl (C=O) groups is 1. The quantitative estimate of drug-likeness (QED) is 0.268. The fourth-order valence-corrected chi connectivity index (χ4v) is 5.56. The molecule has 1 saturated heterocycles. The van der Waals surface area contributed by atoms with Gasteiger partial charge in [-0.3, -0.25) is 9.51 Å². The third kappa shape index (κ3) is 5.78. The summed E-state index contributed by atoms with van der Waals surface area (Å²) in [6, 6.07) is 14.1. The molecule has 1 aliphatic heterocycles. The Labute approximate surface area is 231 Å². The van der Waals surface area contributed by atoms with Crippen molar-refractivity contribution in [3.05, 3.63) is 75.3 Å². The number of aromatic carboxylic acids is 1. The Morgan fingerprint density at radius 1 is 1.21 bits per heavy atom. The number of carboxylic acids is 1. The first-order valence-electron chi connectivity index (χ1n) is 13.4. The van der Waals surface area contributed by atoms with E-state index >= 15 is 0 Å². The highest BCUT2D eigenvalue weighted by Crippen LogP contribution is 2.35. The number of hydrogen-bond donors (Lipinski definition) is 2. The number of imidazole rings is 1. The Hall–Kier alpha value is -3.85. The third-order valence-corrected chi connectivity index (χ3v) is 7.55. The molecule has 9 nitrogen and oxygen atoms in total. The molecule has 0 amide bonds. The van der Waals surface area contributed by atoms with E-state index in [1.165, 1.54) is 6.42 Å². The minimum absolute atomic E-state index is 0.00702. The van der Waals surface area contributed by atoms with Gasteiger partial charge in [0.25, 0.3) is 0 Å². The standard InChI is InChI=1S/C29H32ClN5O4/c1-3-4-7-24-31-26(30)25(28(36)37)35(24)17-19-8-10-20(11-9-19)23-15-21(34-14-5-6-18(2)16-34)12-13-22(23)27-32-29(38)39-33-27/h8-13,15,18H,3-7,14,16-17H2,1-2H3,(H,36,37)(H,32,33,38)/t18-/m0/s1.